The Morgan fingerprint density at radius 3 is 1.97 bits per heavy atom. The molecule has 7 aromatic carbocycles. The zero-order chi connectivity index (χ0) is 51.6. The number of hydrogen-bond donors (Lipinski definition) is 0. The molecule has 8 rings (SSSR count). The lowest BCUT2D eigenvalue weighted by Gasteiger charge is -2.42. The summed E-state index contributed by atoms with van der Waals surface area (Å²) < 4.78 is 0. The van der Waals surface area contributed by atoms with Gasteiger partial charge < -0.3 is 4.90 Å². The van der Waals surface area contributed by atoms with Gasteiger partial charge >= 0.3 is 0 Å². The summed E-state index contributed by atoms with van der Waals surface area (Å²) in [4.78, 5) is 2.42. The van der Waals surface area contributed by atoms with Crippen molar-refractivity contribution in [1.82, 2.24) is 0 Å². The van der Waals surface area contributed by atoms with E-state index in [1.54, 1.807) is 0 Å². The highest BCUT2D eigenvalue weighted by Crippen LogP contribution is 2.49. The average Bonchev–Trinajstić information content (AvgIpc) is 3.64. The van der Waals surface area contributed by atoms with E-state index in [9.17, 15) is 0 Å². The van der Waals surface area contributed by atoms with Crippen LogP contribution >= 0.6 is 0 Å². The second-order valence-electron chi connectivity index (χ2n) is 18.2. The van der Waals surface area contributed by atoms with Crippen LogP contribution in [0, 0.1) is 12.8 Å². The molecule has 1 nitrogen and oxygen atoms in total. The predicted octanol–water partition coefficient (Wildman–Crippen LogP) is 20.6. The van der Waals surface area contributed by atoms with Crippen LogP contribution in [0.3, 0.4) is 0 Å². The fourth-order valence-corrected chi connectivity index (χ4v) is 10.4. The Hall–Kier alpha value is -6.96. The lowest BCUT2D eigenvalue weighted by atomic mass is 9.60. The van der Waals surface area contributed by atoms with Crippen molar-refractivity contribution in [1.29, 1.82) is 0 Å². The zero-order valence-corrected chi connectivity index (χ0v) is 45.2. The standard InChI is InChI=1S/C41H39N.C25H30.2C2H6/c1-6-9-12-25-42(34-22-24-37-32(27-34)20-19-29-15-10-11-18-36(29)37)33-17-13-16-30(26-33)31-21-23-38-35(8-3)39(14-7-2)41(4,5)40(38)28-31;1-6-9-16-22(8-3)25(21(5)7-2,23-17-11-10-12-18-23)24-19-14-13-15-20(24)4;2*1-2/h7-24,26-28H,3,6,25H2,1-2,4-5H3;7-19,21H,2,6H2,1,3-5H3;2*1-2H3/b12-9-,14-7-;16-9-,22-8+;;. The Bertz CT molecular complexity index is 3020. The number of allylic oxidation sites excluding steroid dienone is 11. The molecular formula is C70H81N. The average molecular weight is 936 g/mol. The van der Waals surface area contributed by atoms with Crippen molar-refractivity contribution in [2.75, 3.05) is 11.4 Å². The molecule has 0 bridgehead atoms. The van der Waals surface area contributed by atoms with Gasteiger partial charge in [0, 0.05) is 23.3 Å². The van der Waals surface area contributed by atoms with Crippen LogP contribution in [0.4, 0.5) is 11.4 Å². The van der Waals surface area contributed by atoms with Gasteiger partial charge in [0.2, 0.25) is 0 Å². The molecule has 0 amide bonds. The topological polar surface area (TPSA) is 3.24 Å². The van der Waals surface area contributed by atoms with Crippen LogP contribution in [0.2, 0.25) is 0 Å². The zero-order valence-electron chi connectivity index (χ0n) is 45.2. The van der Waals surface area contributed by atoms with Crippen LogP contribution in [0.15, 0.2) is 231 Å². The molecule has 0 saturated carbocycles. The number of hydrogen-bond acceptors (Lipinski definition) is 1. The van der Waals surface area contributed by atoms with E-state index in [2.05, 4.69) is 274 Å². The number of benzene rings is 7. The van der Waals surface area contributed by atoms with Crippen LogP contribution in [0.25, 0.3) is 38.2 Å². The third kappa shape index (κ3) is 11.6. The minimum absolute atomic E-state index is 0.0781. The molecule has 0 heterocycles. The van der Waals surface area contributed by atoms with E-state index in [0.29, 0.717) is 0 Å². The molecule has 0 fully saturated rings. The maximum absolute atomic E-state index is 4.15. The molecule has 0 N–H and O–H groups in total. The molecule has 366 valence electrons. The molecule has 1 aliphatic rings. The Morgan fingerprint density at radius 1 is 0.648 bits per heavy atom. The van der Waals surface area contributed by atoms with Crippen LogP contribution in [-0.2, 0) is 10.8 Å². The third-order valence-electron chi connectivity index (χ3n) is 13.8. The minimum Gasteiger partial charge on any atom is -0.338 e. The predicted molar refractivity (Wildman–Crippen MR) is 318 cm³/mol. The molecule has 2 atom stereocenters. The van der Waals surface area contributed by atoms with Crippen molar-refractivity contribution < 1.29 is 0 Å². The maximum atomic E-state index is 4.15. The Labute approximate surface area is 430 Å². The van der Waals surface area contributed by atoms with Gasteiger partial charge in [-0.05, 0) is 147 Å². The van der Waals surface area contributed by atoms with Crippen LogP contribution in [-0.4, -0.2) is 6.54 Å². The normalized spacial score (nSPS) is 14.2. The first-order valence-corrected chi connectivity index (χ1v) is 26.3. The van der Waals surface area contributed by atoms with Gasteiger partial charge in [-0.25, -0.2) is 0 Å². The van der Waals surface area contributed by atoms with Crippen molar-refractivity contribution >= 4 is 38.5 Å². The van der Waals surface area contributed by atoms with E-state index in [0.717, 1.165) is 19.4 Å². The first kappa shape index (κ1) is 55.0. The monoisotopic (exact) mass is 936 g/mol. The molecule has 0 saturated heterocycles. The second kappa shape index (κ2) is 26.3. The Kier molecular flexibility index (Phi) is 20.4. The van der Waals surface area contributed by atoms with Gasteiger partial charge in [0.15, 0.2) is 0 Å². The summed E-state index contributed by atoms with van der Waals surface area (Å²) >= 11 is 0. The number of rotatable bonds is 15. The number of nitrogens with zero attached hydrogens (tertiary/aromatic N) is 1. The number of fused-ring (bicyclic) bond motifs is 4. The molecule has 0 radical (unpaired) electrons. The van der Waals surface area contributed by atoms with E-state index in [-0.39, 0.29) is 16.7 Å². The Balaban J connectivity index is 0.000000277. The van der Waals surface area contributed by atoms with Gasteiger partial charge in [-0.2, -0.15) is 0 Å². The summed E-state index contributed by atoms with van der Waals surface area (Å²) in [7, 11) is 0. The summed E-state index contributed by atoms with van der Waals surface area (Å²) in [5, 5.41) is 5.13. The van der Waals surface area contributed by atoms with Crippen molar-refractivity contribution in [3.8, 4) is 11.1 Å². The Morgan fingerprint density at radius 2 is 1.30 bits per heavy atom. The molecule has 2 unspecified atom stereocenters. The van der Waals surface area contributed by atoms with Gasteiger partial charge in [-0.15, -0.1) is 6.58 Å². The van der Waals surface area contributed by atoms with Crippen molar-refractivity contribution in [2.45, 2.75) is 107 Å². The first-order valence-electron chi connectivity index (χ1n) is 26.3. The molecular weight excluding hydrogens is 855 g/mol. The van der Waals surface area contributed by atoms with Crippen molar-refractivity contribution in [2.24, 2.45) is 5.92 Å². The summed E-state index contributed by atoms with van der Waals surface area (Å²) in [6, 6.07) is 55.5. The lowest BCUT2D eigenvalue weighted by Crippen LogP contribution is -2.36. The lowest BCUT2D eigenvalue weighted by molar-refractivity contribution is 0.478. The molecule has 71 heavy (non-hydrogen) atoms. The van der Waals surface area contributed by atoms with Crippen molar-refractivity contribution in [3.63, 3.8) is 0 Å². The quantitative estimate of drug-likeness (QED) is 0.0562. The van der Waals surface area contributed by atoms with Gasteiger partial charge in [0.05, 0.1) is 5.41 Å². The van der Waals surface area contributed by atoms with Crippen molar-refractivity contribution in [3.05, 3.63) is 258 Å². The van der Waals surface area contributed by atoms with Crippen LogP contribution < -0.4 is 4.90 Å². The van der Waals surface area contributed by atoms with Gasteiger partial charge in [0.1, 0.15) is 0 Å². The highest BCUT2D eigenvalue weighted by molar-refractivity contribution is 6.08. The summed E-state index contributed by atoms with van der Waals surface area (Å²) in [6.45, 7) is 34.8. The van der Waals surface area contributed by atoms with E-state index in [1.807, 2.05) is 33.8 Å². The maximum Gasteiger partial charge on any atom is 0.0510 e. The molecule has 0 aliphatic heterocycles. The number of aryl methyl sites for hydroxylation is 1. The van der Waals surface area contributed by atoms with E-state index in [4.69, 9.17) is 0 Å². The summed E-state index contributed by atoms with van der Waals surface area (Å²) in [5.41, 5.74) is 15.0. The summed E-state index contributed by atoms with van der Waals surface area (Å²) in [6.07, 6.45) is 21.9. The highest BCUT2D eigenvalue weighted by atomic mass is 15.1. The largest absolute Gasteiger partial charge is 0.338 e. The van der Waals surface area contributed by atoms with E-state index >= 15 is 0 Å². The van der Waals surface area contributed by atoms with Gasteiger partial charge in [0.25, 0.3) is 0 Å². The minimum atomic E-state index is -0.241. The fourth-order valence-electron chi connectivity index (χ4n) is 10.4. The van der Waals surface area contributed by atoms with Crippen LogP contribution in [0.5, 0.6) is 0 Å². The molecule has 1 heteroatoms. The molecule has 1 aliphatic carbocycles. The first-order chi connectivity index (χ1) is 34.6. The third-order valence-corrected chi connectivity index (χ3v) is 13.8. The van der Waals surface area contributed by atoms with E-state index in [1.165, 1.54) is 88.6 Å². The molecule has 0 spiro atoms. The highest BCUT2D eigenvalue weighted by Gasteiger charge is 2.41. The molecule has 7 aromatic rings. The van der Waals surface area contributed by atoms with E-state index < -0.39 is 0 Å². The van der Waals surface area contributed by atoms with Crippen LogP contribution in [0.1, 0.15) is 117 Å². The number of anilines is 2. The second-order valence-corrected chi connectivity index (χ2v) is 18.2. The SMILES string of the molecule is C=CC(C)C(C(/C=C\CC)=C/C)(c1ccccc1)c1ccccc1C.C=CC1=C(/C=C\C)C(C)(C)c2cc(-c3cccc(N(C/C=C\CC)c4ccc5c(ccc6ccccc65)c4)c3)ccc21.CC.CC. The smallest absolute Gasteiger partial charge is 0.0510 e. The van der Waals surface area contributed by atoms with Gasteiger partial charge in [-0.1, -0.05) is 245 Å². The fraction of sp³-hybridized carbons (Fsp3) is 0.257. The molecule has 0 aromatic heterocycles. The van der Waals surface area contributed by atoms with Gasteiger partial charge in [-0.3, -0.25) is 0 Å². The summed E-state index contributed by atoms with van der Waals surface area (Å²) in [5.74, 6) is 0.253.